The molecule has 2 aliphatic heterocycles. The Morgan fingerprint density at radius 1 is 1.14 bits per heavy atom. The smallest absolute Gasteiger partial charge is 0.299 e. The second-order valence-electron chi connectivity index (χ2n) is 9.80. The summed E-state index contributed by atoms with van der Waals surface area (Å²) in [7, 11) is -3.83. The number of hydrogen-bond acceptors (Lipinski definition) is 6. The van der Waals surface area contributed by atoms with Crippen LogP contribution in [0.15, 0.2) is 53.5 Å². The highest BCUT2D eigenvalue weighted by atomic mass is 32.2. The van der Waals surface area contributed by atoms with Crippen molar-refractivity contribution in [2.75, 3.05) is 19.7 Å². The lowest BCUT2D eigenvalue weighted by atomic mass is 9.89. The van der Waals surface area contributed by atoms with Gasteiger partial charge in [0.25, 0.3) is 6.02 Å². The minimum Gasteiger partial charge on any atom is -0.457 e. The van der Waals surface area contributed by atoms with Crippen LogP contribution in [0.1, 0.15) is 61.8 Å². The van der Waals surface area contributed by atoms with Crippen LogP contribution in [0.2, 0.25) is 0 Å². The van der Waals surface area contributed by atoms with Gasteiger partial charge in [0, 0.05) is 12.2 Å². The molecule has 0 amide bonds. The Morgan fingerprint density at radius 2 is 1.83 bits per heavy atom. The maximum Gasteiger partial charge on any atom is 0.299 e. The number of rotatable bonds is 7. The molecule has 0 unspecified atom stereocenters. The Hall–Kier alpha value is -2.49. The van der Waals surface area contributed by atoms with Gasteiger partial charge in [0.1, 0.15) is 16.7 Å². The molecule has 2 aromatic rings. The first-order valence-electron chi connectivity index (χ1n) is 12.1. The largest absolute Gasteiger partial charge is 0.457 e. The van der Waals surface area contributed by atoms with E-state index in [9.17, 15) is 17.9 Å². The third-order valence-electron chi connectivity index (χ3n) is 6.89. The van der Waals surface area contributed by atoms with E-state index in [1.54, 1.807) is 32.0 Å². The number of aliphatic imine (C=N–C) groups is 1. The van der Waals surface area contributed by atoms with E-state index >= 15 is 0 Å². The first-order valence-corrected chi connectivity index (χ1v) is 13.7. The molecule has 0 bridgehead atoms. The van der Waals surface area contributed by atoms with Gasteiger partial charge in [-0.05, 0) is 75.7 Å². The van der Waals surface area contributed by atoms with Crippen molar-refractivity contribution in [3.8, 4) is 0 Å². The lowest BCUT2D eigenvalue weighted by molar-refractivity contribution is 0.0759. The highest BCUT2D eigenvalue weighted by Crippen LogP contribution is 2.32. The van der Waals surface area contributed by atoms with E-state index in [1.165, 1.54) is 11.6 Å². The highest BCUT2D eigenvalue weighted by molar-refractivity contribution is 7.90. The number of benzene rings is 2. The molecule has 0 aromatic heterocycles. The van der Waals surface area contributed by atoms with E-state index in [-0.39, 0.29) is 31.0 Å². The van der Waals surface area contributed by atoms with Crippen LogP contribution in [0, 0.1) is 5.82 Å². The summed E-state index contributed by atoms with van der Waals surface area (Å²) >= 11 is 0. The summed E-state index contributed by atoms with van der Waals surface area (Å²) < 4.78 is 49.3. The van der Waals surface area contributed by atoms with Crippen LogP contribution in [0.5, 0.6) is 0 Å². The fraction of sp³-hybridized carbons (Fsp3) is 0.500. The van der Waals surface area contributed by atoms with Gasteiger partial charge in [0.2, 0.25) is 10.0 Å². The molecular formula is C26H34FN3O4S. The molecule has 0 saturated carbocycles. The molecule has 2 aromatic carbocycles. The summed E-state index contributed by atoms with van der Waals surface area (Å²) in [5.74, 6) is 0.0595. The average molecular weight is 504 g/mol. The van der Waals surface area contributed by atoms with Crippen LogP contribution in [0.3, 0.4) is 0 Å². The van der Waals surface area contributed by atoms with E-state index in [2.05, 4.69) is 27.2 Å². The third kappa shape index (κ3) is 6.02. The predicted octanol–water partition coefficient (Wildman–Crippen LogP) is 3.41. The van der Waals surface area contributed by atoms with Crippen molar-refractivity contribution in [3.05, 3.63) is 71.0 Å². The first-order chi connectivity index (χ1) is 16.7. The Bertz CT molecular complexity index is 1150. The number of aliphatic hydroxyl groups excluding tert-OH is 1. The number of ether oxygens (including phenoxy) is 1. The monoisotopic (exact) mass is 503 g/mol. The lowest BCUT2D eigenvalue weighted by Crippen LogP contribution is -2.59. The molecule has 9 heteroatoms. The minimum absolute atomic E-state index is 0.128. The van der Waals surface area contributed by atoms with Crippen molar-refractivity contribution in [3.63, 3.8) is 0 Å². The molecule has 0 radical (unpaired) electrons. The second kappa shape index (κ2) is 10.6. The number of piperidine rings is 1. The number of sulfonamides is 1. The van der Waals surface area contributed by atoms with E-state index < -0.39 is 32.7 Å². The Labute approximate surface area is 206 Å². The zero-order valence-corrected chi connectivity index (χ0v) is 21.0. The number of aliphatic hydroxyl groups is 1. The maximum atomic E-state index is 14.3. The van der Waals surface area contributed by atoms with Gasteiger partial charge in [-0.15, -0.1) is 0 Å². The molecule has 0 spiro atoms. The molecule has 190 valence electrons. The molecule has 35 heavy (non-hydrogen) atoms. The molecule has 0 aliphatic carbocycles. The zero-order valence-electron chi connectivity index (χ0n) is 20.2. The Kier molecular flexibility index (Phi) is 7.78. The molecule has 2 saturated heterocycles. The zero-order chi connectivity index (χ0) is 25.1. The standard InChI is InChI=1S/C26H34FN3O4S/c1-26(2)24(17-18-7-9-19(10-8-18)20-11-14-28-15-12-20)35(32,33)30-25(34-26)29-23(13-16-31)21-5-3-4-6-22(21)27/h3-10,20,23-24,28,31H,11-17H2,1-2H3,(H,29,30)/t23-,24-/m0/s1. The predicted molar refractivity (Wildman–Crippen MR) is 134 cm³/mol. The Balaban J connectivity index is 1.52. The van der Waals surface area contributed by atoms with Crippen LogP contribution in [0.4, 0.5) is 4.39 Å². The van der Waals surface area contributed by atoms with Crippen LogP contribution in [-0.2, 0) is 21.2 Å². The quantitative estimate of drug-likeness (QED) is 0.538. The third-order valence-corrected chi connectivity index (χ3v) is 8.83. The van der Waals surface area contributed by atoms with Gasteiger partial charge in [-0.25, -0.2) is 22.5 Å². The molecule has 2 atom stereocenters. The number of hydrogen-bond donors (Lipinski definition) is 3. The van der Waals surface area contributed by atoms with E-state index in [0.29, 0.717) is 5.92 Å². The minimum atomic E-state index is -3.83. The van der Waals surface area contributed by atoms with Crippen molar-refractivity contribution in [1.82, 2.24) is 10.0 Å². The summed E-state index contributed by atoms with van der Waals surface area (Å²) in [5, 5.41) is 12.0. The SMILES string of the molecule is CC1(C)OC(=N[C@@H](CCO)c2ccccc2F)NS(=O)(=O)[C@H]1Cc1ccc(C2CCNCC2)cc1. The molecule has 2 fully saturated rings. The van der Waals surface area contributed by atoms with Crippen molar-refractivity contribution < 1.29 is 22.7 Å². The van der Waals surface area contributed by atoms with Crippen molar-refractivity contribution in [2.45, 2.75) is 62.3 Å². The van der Waals surface area contributed by atoms with Crippen LogP contribution >= 0.6 is 0 Å². The topological polar surface area (TPSA) is 100 Å². The van der Waals surface area contributed by atoms with Crippen molar-refractivity contribution in [2.24, 2.45) is 4.99 Å². The van der Waals surface area contributed by atoms with Gasteiger partial charge in [-0.1, -0.05) is 42.5 Å². The first kappa shape index (κ1) is 25.6. The molecule has 4 rings (SSSR count). The fourth-order valence-corrected chi connectivity index (χ4v) is 6.59. The lowest BCUT2D eigenvalue weighted by Gasteiger charge is -2.39. The summed E-state index contributed by atoms with van der Waals surface area (Å²) in [6.07, 6.45) is 2.62. The van der Waals surface area contributed by atoms with Gasteiger partial charge in [0.15, 0.2) is 0 Å². The van der Waals surface area contributed by atoms with E-state index in [4.69, 9.17) is 4.74 Å². The Morgan fingerprint density at radius 3 is 2.46 bits per heavy atom. The van der Waals surface area contributed by atoms with Crippen LogP contribution in [0.25, 0.3) is 0 Å². The average Bonchev–Trinajstić information content (AvgIpc) is 2.82. The highest BCUT2D eigenvalue weighted by Gasteiger charge is 2.47. The maximum absolute atomic E-state index is 14.3. The molecule has 2 heterocycles. The second-order valence-corrected chi connectivity index (χ2v) is 11.7. The fourth-order valence-electron chi connectivity index (χ4n) is 4.90. The number of nitrogens with zero attached hydrogens (tertiary/aromatic N) is 1. The van der Waals surface area contributed by atoms with Gasteiger partial charge in [-0.2, -0.15) is 0 Å². The van der Waals surface area contributed by atoms with Crippen LogP contribution < -0.4 is 10.0 Å². The van der Waals surface area contributed by atoms with Gasteiger partial charge in [-0.3, -0.25) is 0 Å². The van der Waals surface area contributed by atoms with Gasteiger partial charge < -0.3 is 15.2 Å². The summed E-state index contributed by atoms with van der Waals surface area (Å²) in [6, 6.07) is 13.3. The van der Waals surface area contributed by atoms with Gasteiger partial charge >= 0.3 is 0 Å². The number of nitrogens with one attached hydrogen (secondary N) is 2. The molecular weight excluding hydrogens is 469 g/mol. The number of amidine groups is 1. The van der Waals surface area contributed by atoms with E-state index in [1.807, 2.05) is 12.1 Å². The summed E-state index contributed by atoms with van der Waals surface area (Å²) in [5.41, 5.74) is 1.40. The van der Waals surface area contributed by atoms with E-state index in [0.717, 1.165) is 31.5 Å². The molecule has 2 aliphatic rings. The van der Waals surface area contributed by atoms with Gasteiger partial charge in [0.05, 0.1) is 6.04 Å². The molecule has 7 nitrogen and oxygen atoms in total. The summed E-state index contributed by atoms with van der Waals surface area (Å²) in [4.78, 5) is 4.35. The van der Waals surface area contributed by atoms with Crippen molar-refractivity contribution >= 4 is 16.0 Å². The summed E-state index contributed by atoms with van der Waals surface area (Å²) in [6.45, 7) is 5.24. The molecule has 3 N–H and O–H groups in total. The number of halogens is 1. The van der Waals surface area contributed by atoms with Crippen molar-refractivity contribution in [1.29, 1.82) is 0 Å². The normalized spacial score (nSPS) is 23.9. The van der Waals surface area contributed by atoms with Crippen LogP contribution in [-0.4, -0.2) is 50.1 Å².